The van der Waals surface area contributed by atoms with Crippen molar-refractivity contribution >= 4 is 29.1 Å². The van der Waals surface area contributed by atoms with Gasteiger partial charge in [-0.3, -0.25) is 9.79 Å². The van der Waals surface area contributed by atoms with Gasteiger partial charge in [-0.1, -0.05) is 18.2 Å². The van der Waals surface area contributed by atoms with Gasteiger partial charge < -0.3 is 10.3 Å². The molecular formula is C14H13N3O. The number of fused-ring (bicyclic) bond motifs is 3. The number of aromatic nitrogens is 1. The summed E-state index contributed by atoms with van der Waals surface area (Å²) in [4.78, 5) is 15.4. The molecule has 0 spiro atoms. The quantitative estimate of drug-likeness (QED) is 0.852. The summed E-state index contributed by atoms with van der Waals surface area (Å²) >= 11 is 0. The van der Waals surface area contributed by atoms with Crippen LogP contribution >= 0.6 is 0 Å². The molecule has 0 fully saturated rings. The summed E-state index contributed by atoms with van der Waals surface area (Å²) in [6.07, 6.45) is 6.34. The largest absolute Gasteiger partial charge is 0.368 e. The topological polar surface area (TPSA) is 60.4 Å². The maximum absolute atomic E-state index is 11.2. The van der Waals surface area contributed by atoms with Crippen molar-refractivity contribution in [3.05, 3.63) is 41.7 Å². The average molecular weight is 239 g/mol. The van der Waals surface area contributed by atoms with Crippen LogP contribution in [0.2, 0.25) is 0 Å². The lowest BCUT2D eigenvalue weighted by Gasteiger charge is -2.05. The van der Waals surface area contributed by atoms with Crippen LogP contribution in [-0.4, -0.2) is 16.7 Å². The van der Waals surface area contributed by atoms with E-state index in [0.717, 1.165) is 23.0 Å². The maximum Gasteiger partial charge on any atom is 0.237 e. The number of nitrogens with zero attached hydrogens (tertiary/aromatic N) is 2. The zero-order valence-electron chi connectivity index (χ0n) is 9.84. The van der Waals surface area contributed by atoms with E-state index in [1.165, 1.54) is 5.56 Å². The number of rotatable bonds is 2. The third kappa shape index (κ3) is 1.62. The highest BCUT2D eigenvalue weighted by atomic mass is 16.1. The molecule has 4 heteroatoms. The first-order chi connectivity index (χ1) is 8.77. The second-order valence-corrected chi connectivity index (χ2v) is 4.28. The Balaban J connectivity index is 2.32. The zero-order valence-corrected chi connectivity index (χ0v) is 9.84. The molecule has 0 atom stereocenters. The third-order valence-electron chi connectivity index (χ3n) is 3.15. The SMILES string of the molecule is NC(=O)Cn1c2c(c3ccccc31)CC=NC=C2. The van der Waals surface area contributed by atoms with Crippen LogP contribution in [0.15, 0.2) is 35.5 Å². The van der Waals surface area contributed by atoms with Crippen LogP contribution in [-0.2, 0) is 17.8 Å². The lowest BCUT2D eigenvalue weighted by Crippen LogP contribution is -2.19. The summed E-state index contributed by atoms with van der Waals surface area (Å²) in [6.45, 7) is 0.195. The van der Waals surface area contributed by atoms with Gasteiger partial charge in [-0.05, 0) is 17.7 Å². The van der Waals surface area contributed by atoms with Crippen LogP contribution in [0.25, 0.3) is 17.0 Å². The van der Waals surface area contributed by atoms with E-state index in [4.69, 9.17) is 5.73 Å². The normalized spacial score (nSPS) is 13.6. The van der Waals surface area contributed by atoms with Crippen LogP contribution in [0.1, 0.15) is 11.3 Å². The number of benzene rings is 1. The van der Waals surface area contributed by atoms with Crippen molar-refractivity contribution in [2.75, 3.05) is 0 Å². The van der Waals surface area contributed by atoms with Gasteiger partial charge in [-0.25, -0.2) is 0 Å². The number of nitrogens with two attached hydrogens (primary N) is 1. The molecule has 90 valence electrons. The molecule has 0 saturated heterocycles. The van der Waals surface area contributed by atoms with Crippen LogP contribution < -0.4 is 5.73 Å². The van der Waals surface area contributed by atoms with E-state index >= 15 is 0 Å². The molecular weight excluding hydrogens is 226 g/mol. The van der Waals surface area contributed by atoms with Gasteiger partial charge in [0, 0.05) is 35.4 Å². The Morgan fingerprint density at radius 2 is 2.22 bits per heavy atom. The highest BCUT2D eigenvalue weighted by molar-refractivity contribution is 5.92. The standard InChI is InChI=1S/C14H13N3O/c15-14(18)9-17-12-4-2-1-3-10(12)11-5-7-16-8-6-13(11)17/h1-4,6-8H,5,9H2,(H2,15,18). The molecule has 2 N–H and O–H groups in total. The molecule has 0 bridgehead atoms. The zero-order chi connectivity index (χ0) is 12.5. The smallest absolute Gasteiger partial charge is 0.237 e. The van der Waals surface area contributed by atoms with Crippen molar-refractivity contribution in [2.45, 2.75) is 13.0 Å². The minimum atomic E-state index is -0.336. The fourth-order valence-electron chi connectivity index (χ4n) is 2.44. The predicted octanol–water partition coefficient (Wildman–Crippen LogP) is 1.72. The first kappa shape index (κ1) is 10.8. The Morgan fingerprint density at radius 1 is 1.39 bits per heavy atom. The number of hydrogen-bond acceptors (Lipinski definition) is 2. The molecule has 0 aliphatic carbocycles. The Hall–Kier alpha value is -2.36. The summed E-state index contributed by atoms with van der Waals surface area (Å²) in [5.41, 5.74) is 8.59. The van der Waals surface area contributed by atoms with E-state index in [-0.39, 0.29) is 12.5 Å². The number of hydrogen-bond donors (Lipinski definition) is 1. The molecule has 2 aromatic rings. The van der Waals surface area contributed by atoms with Crippen molar-refractivity contribution in [1.29, 1.82) is 0 Å². The van der Waals surface area contributed by atoms with Gasteiger partial charge in [0.25, 0.3) is 0 Å². The highest BCUT2D eigenvalue weighted by Crippen LogP contribution is 2.28. The summed E-state index contributed by atoms with van der Waals surface area (Å²) in [7, 11) is 0. The van der Waals surface area contributed by atoms with Crippen LogP contribution in [0.4, 0.5) is 0 Å². The van der Waals surface area contributed by atoms with Gasteiger partial charge in [0.15, 0.2) is 0 Å². The van der Waals surface area contributed by atoms with Crippen LogP contribution in [0.3, 0.4) is 0 Å². The van der Waals surface area contributed by atoms with E-state index in [2.05, 4.69) is 11.1 Å². The van der Waals surface area contributed by atoms with E-state index in [9.17, 15) is 4.79 Å². The molecule has 0 saturated carbocycles. The van der Waals surface area contributed by atoms with Crippen molar-refractivity contribution < 1.29 is 4.79 Å². The average Bonchev–Trinajstić information content (AvgIpc) is 2.55. The maximum atomic E-state index is 11.2. The second-order valence-electron chi connectivity index (χ2n) is 4.28. The first-order valence-corrected chi connectivity index (χ1v) is 5.84. The second kappa shape index (κ2) is 4.14. The van der Waals surface area contributed by atoms with E-state index in [0.29, 0.717) is 0 Å². The number of primary amides is 1. The van der Waals surface area contributed by atoms with Crippen LogP contribution in [0.5, 0.6) is 0 Å². The van der Waals surface area contributed by atoms with Crippen molar-refractivity contribution in [3.63, 3.8) is 0 Å². The summed E-state index contributed by atoms with van der Waals surface area (Å²) in [5.74, 6) is -0.336. The minimum absolute atomic E-state index is 0.195. The molecule has 1 aliphatic heterocycles. The highest BCUT2D eigenvalue weighted by Gasteiger charge is 2.16. The fraction of sp³-hybridized carbons (Fsp3) is 0.143. The molecule has 1 aromatic carbocycles. The number of carbonyl (C=O) groups is 1. The van der Waals surface area contributed by atoms with Gasteiger partial charge in [-0.15, -0.1) is 0 Å². The summed E-state index contributed by atoms with van der Waals surface area (Å²) in [6, 6.07) is 8.05. The first-order valence-electron chi connectivity index (χ1n) is 5.84. The van der Waals surface area contributed by atoms with E-state index in [1.807, 2.05) is 35.1 Å². The fourth-order valence-corrected chi connectivity index (χ4v) is 2.44. The van der Waals surface area contributed by atoms with Crippen LogP contribution in [0, 0.1) is 0 Å². The third-order valence-corrected chi connectivity index (χ3v) is 3.15. The summed E-state index contributed by atoms with van der Waals surface area (Å²) < 4.78 is 1.96. The van der Waals surface area contributed by atoms with Gasteiger partial charge in [0.2, 0.25) is 5.91 Å². The van der Waals surface area contributed by atoms with E-state index in [1.54, 1.807) is 6.20 Å². The molecule has 2 heterocycles. The number of aliphatic imine (C=N–C) groups is 1. The predicted molar refractivity (Wildman–Crippen MR) is 72.4 cm³/mol. The number of amides is 1. The molecule has 4 nitrogen and oxygen atoms in total. The summed E-state index contributed by atoms with van der Waals surface area (Å²) in [5, 5.41) is 1.16. The molecule has 3 rings (SSSR count). The lowest BCUT2D eigenvalue weighted by atomic mass is 10.1. The van der Waals surface area contributed by atoms with Gasteiger partial charge in [0.1, 0.15) is 6.54 Å². The molecule has 1 aromatic heterocycles. The number of para-hydroxylation sites is 1. The van der Waals surface area contributed by atoms with Crippen molar-refractivity contribution in [2.24, 2.45) is 10.7 Å². The number of carbonyl (C=O) groups excluding carboxylic acids is 1. The van der Waals surface area contributed by atoms with E-state index < -0.39 is 0 Å². The molecule has 1 aliphatic rings. The molecule has 1 amide bonds. The monoisotopic (exact) mass is 239 g/mol. The molecule has 0 radical (unpaired) electrons. The lowest BCUT2D eigenvalue weighted by molar-refractivity contribution is -0.118. The van der Waals surface area contributed by atoms with Gasteiger partial charge >= 0.3 is 0 Å². The minimum Gasteiger partial charge on any atom is -0.368 e. The molecule has 18 heavy (non-hydrogen) atoms. The van der Waals surface area contributed by atoms with Gasteiger partial charge in [-0.2, -0.15) is 0 Å². The molecule has 0 unspecified atom stereocenters. The Bertz CT molecular complexity index is 680. The van der Waals surface area contributed by atoms with Gasteiger partial charge in [0.05, 0.1) is 0 Å². The Labute approximate surface area is 104 Å². The van der Waals surface area contributed by atoms with Crippen molar-refractivity contribution in [1.82, 2.24) is 4.57 Å². The Kier molecular flexibility index (Phi) is 2.48. The van der Waals surface area contributed by atoms with Crippen molar-refractivity contribution in [3.8, 4) is 0 Å². The Morgan fingerprint density at radius 3 is 3.06 bits per heavy atom.